The van der Waals surface area contributed by atoms with Crippen molar-refractivity contribution in [3.05, 3.63) is 0 Å². The Hall–Kier alpha value is -0.0400. The van der Waals surface area contributed by atoms with Crippen LogP contribution in [0.15, 0.2) is 4.99 Å². The SMILES string of the molecule is CCCC(C)(Cl)C(C)=NC(C)C. The van der Waals surface area contributed by atoms with Crippen molar-refractivity contribution in [2.75, 3.05) is 0 Å². The lowest BCUT2D eigenvalue weighted by atomic mass is 10.00. The second-order valence-corrected chi connectivity index (χ2v) is 4.59. The first kappa shape index (κ1) is 12.0. The van der Waals surface area contributed by atoms with Crippen molar-refractivity contribution < 1.29 is 0 Å². The average Bonchev–Trinajstić information content (AvgIpc) is 1.85. The predicted octanol–water partition coefficient (Wildman–Crippen LogP) is 3.65. The molecule has 0 aromatic rings. The van der Waals surface area contributed by atoms with Gasteiger partial charge < -0.3 is 0 Å². The van der Waals surface area contributed by atoms with Crippen molar-refractivity contribution >= 4 is 17.3 Å². The molecular weight excluding hydrogens is 170 g/mol. The highest BCUT2D eigenvalue weighted by Gasteiger charge is 2.23. The van der Waals surface area contributed by atoms with Crippen molar-refractivity contribution in [3.8, 4) is 0 Å². The second kappa shape index (κ2) is 4.86. The van der Waals surface area contributed by atoms with E-state index in [2.05, 4.69) is 25.8 Å². The largest absolute Gasteiger partial charge is 0.290 e. The van der Waals surface area contributed by atoms with E-state index in [0.29, 0.717) is 6.04 Å². The minimum Gasteiger partial charge on any atom is -0.290 e. The molecule has 0 aliphatic heterocycles. The lowest BCUT2D eigenvalue weighted by Gasteiger charge is -2.21. The van der Waals surface area contributed by atoms with Crippen LogP contribution in [0, 0.1) is 0 Å². The summed E-state index contributed by atoms with van der Waals surface area (Å²) < 4.78 is 0. The van der Waals surface area contributed by atoms with Gasteiger partial charge in [-0.25, -0.2) is 0 Å². The summed E-state index contributed by atoms with van der Waals surface area (Å²) in [5.41, 5.74) is 1.06. The van der Waals surface area contributed by atoms with Gasteiger partial charge in [0.1, 0.15) is 0 Å². The molecule has 0 spiro atoms. The van der Waals surface area contributed by atoms with Gasteiger partial charge in [-0.1, -0.05) is 13.3 Å². The Morgan fingerprint density at radius 2 is 2.00 bits per heavy atom. The van der Waals surface area contributed by atoms with Gasteiger partial charge in [-0.05, 0) is 34.1 Å². The van der Waals surface area contributed by atoms with Crippen molar-refractivity contribution in [2.24, 2.45) is 4.99 Å². The number of hydrogen-bond donors (Lipinski definition) is 0. The lowest BCUT2D eigenvalue weighted by molar-refractivity contribution is 0.687. The number of hydrogen-bond acceptors (Lipinski definition) is 1. The molecule has 1 unspecified atom stereocenters. The molecular formula is C10H20ClN. The molecule has 12 heavy (non-hydrogen) atoms. The standard InChI is InChI=1S/C10H20ClN/c1-6-7-10(5,11)9(4)12-8(2)3/h8H,6-7H2,1-5H3. The van der Waals surface area contributed by atoms with Crippen LogP contribution in [0.25, 0.3) is 0 Å². The van der Waals surface area contributed by atoms with E-state index in [1.54, 1.807) is 0 Å². The first-order valence-electron chi connectivity index (χ1n) is 4.64. The quantitative estimate of drug-likeness (QED) is 0.473. The Kier molecular flexibility index (Phi) is 4.84. The minimum atomic E-state index is -0.237. The fourth-order valence-corrected chi connectivity index (χ4v) is 1.41. The maximum atomic E-state index is 6.30. The number of alkyl halides is 1. The van der Waals surface area contributed by atoms with Crippen LogP contribution in [0.4, 0.5) is 0 Å². The molecule has 0 amide bonds. The summed E-state index contributed by atoms with van der Waals surface area (Å²) in [5, 5.41) is 0. The van der Waals surface area contributed by atoms with Gasteiger partial charge >= 0.3 is 0 Å². The summed E-state index contributed by atoms with van der Waals surface area (Å²) >= 11 is 6.30. The third-order valence-corrected chi connectivity index (χ3v) is 2.39. The Morgan fingerprint density at radius 3 is 2.33 bits per heavy atom. The lowest BCUT2D eigenvalue weighted by Crippen LogP contribution is -2.27. The van der Waals surface area contributed by atoms with Crippen molar-refractivity contribution in [2.45, 2.75) is 58.4 Å². The van der Waals surface area contributed by atoms with E-state index in [-0.39, 0.29) is 4.87 Å². The number of aliphatic imine (C=N–C) groups is 1. The summed E-state index contributed by atoms with van der Waals surface area (Å²) in [7, 11) is 0. The maximum Gasteiger partial charge on any atom is 0.0791 e. The van der Waals surface area contributed by atoms with E-state index in [1.807, 2.05) is 13.8 Å². The molecule has 1 atom stereocenters. The molecule has 0 heterocycles. The van der Waals surface area contributed by atoms with Gasteiger partial charge in [-0.2, -0.15) is 0 Å². The number of halogens is 1. The highest BCUT2D eigenvalue weighted by molar-refractivity contribution is 6.35. The second-order valence-electron chi connectivity index (χ2n) is 3.76. The van der Waals surface area contributed by atoms with Crippen molar-refractivity contribution in [1.29, 1.82) is 0 Å². The van der Waals surface area contributed by atoms with Crippen LogP contribution in [0.2, 0.25) is 0 Å². The fourth-order valence-electron chi connectivity index (χ4n) is 1.17. The highest BCUT2D eigenvalue weighted by atomic mass is 35.5. The van der Waals surface area contributed by atoms with Gasteiger partial charge in [-0.15, -0.1) is 11.6 Å². The van der Waals surface area contributed by atoms with E-state index in [9.17, 15) is 0 Å². The van der Waals surface area contributed by atoms with Crippen LogP contribution >= 0.6 is 11.6 Å². The Bertz CT molecular complexity index is 159. The summed E-state index contributed by atoms with van der Waals surface area (Å²) in [4.78, 5) is 4.22. The molecule has 0 aliphatic carbocycles. The monoisotopic (exact) mass is 189 g/mol. The van der Waals surface area contributed by atoms with Gasteiger partial charge in [0.05, 0.1) is 4.87 Å². The summed E-state index contributed by atoms with van der Waals surface area (Å²) in [6.07, 6.45) is 2.10. The van der Waals surface area contributed by atoms with Crippen LogP contribution in [-0.4, -0.2) is 16.6 Å². The molecule has 0 aromatic heterocycles. The molecule has 0 N–H and O–H groups in total. The Labute approximate surface area is 81.2 Å². The molecule has 0 radical (unpaired) electrons. The van der Waals surface area contributed by atoms with Gasteiger partial charge in [0.25, 0.3) is 0 Å². The fraction of sp³-hybridized carbons (Fsp3) is 0.900. The van der Waals surface area contributed by atoms with Crippen molar-refractivity contribution in [1.82, 2.24) is 0 Å². The molecule has 0 rings (SSSR count). The Morgan fingerprint density at radius 1 is 1.50 bits per heavy atom. The van der Waals surface area contributed by atoms with Gasteiger partial charge in [0, 0.05) is 11.8 Å². The Balaban J connectivity index is 4.33. The maximum absolute atomic E-state index is 6.30. The van der Waals surface area contributed by atoms with E-state index in [1.165, 1.54) is 0 Å². The molecule has 1 nitrogen and oxygen atoms in total. The molecule has 0 saturated heterocycles. The predicted molar refractivity (Wildman–Crippen MR) is 57.4 cm³/mol. The van der Waals surface area contributed by atoms with Crippen LogP contribution in [-0.2, 0) is 0 Å². The molecule has 0 fully saturated rings. The van der Waals surface area contributed by atoms with Gasteiger partial charge in [0.15, 0.2) is 0 Å². The highest BCUT2D eigenvalue weighted by Crippen LogP contribution is 2.23. The van der Waals surface area contributed by atoms with E-state index >= 15 is 0 Å². The normalized spacial score (nSPS) is 18.1. The minimum absolute atomic E-state index is 0.237. The first-order valence-corrected chi connectivity index (χ1v) is 5.01. The van der Waals surface area contributed by atoms with E-state index in [0.717, 1.165) is 18.6 Å². The zero-order chi connectivity index (χ0) is 9.78. The van der Waals surface area contributed by atoms with E-state index < -0.39 is 0 Å². The molecule has 0 saturated carbocycles. The van der Waals surface area contributed by atoms with Crippen LogP contribution in [0.5, 0.6) is 0 Å². The van der Waals surface area contributed by atoms with Gasteiger partial charge in [0.2, 0.25) is 0 Å². The topological polar surface area (TPSA) is 12.4 Å². The zero-order valence-electron chi connectivity index (χ0n) is 8.82. The zero-order valence-corrected chi connectivity index (χ0v) is 9.57. The molecule has 72 valence electrons. The van der Waals surface area contributed by atoms with Gasteiger partial charge in [-0.3, -0.25) is 4.99 Å². The van der Waals surface area contributed by atoms with Crippen LogP contribution < -0.4 is 0 Å². The third kappa shape index (κ3) is 4.10. The van der Waals surface area contributed by atoms with Crippen LogP contribution in [0.3, 0.4) is 0 Å². The molecule has 0 aliphatic rings. The van der Waals surface area contributed by atoms with Crippen molar-refractivity contribution in [3.63, 3.8) is 0 Å². The smallest absolute Gasteiger partial charge is 0.0791 e. The number of rotatable bonds is 4. The summed E-state index contributed by atoms with van der Waals surface area (Å²) in [5.74, 6) is 0. The third-order valence-electron chi connectivity index (χ3n) is 1.93. The summed E-state index contributed by atoms with van der Waals surface area (Å²) in [6.45, 7) is 10.3. The summed E-state index contributed by atoms with van der Waals surface area (Å²) in [6, 6.07) is 0.347. The average molecular weight is 190 g/mol. The van der Waals surface area contributed by atoms with Crippen LogP contribution in [0.1, 0.15) is 47.5 Å². The number of nitrogens with zero attached hydrogens (tertiary/aromatic N) is 1. The molecule has 0 bridgehead atoms. The molecule has 2 heteroatoms. The molecule has 0 aromatic carbocycles. The first-order chi connectivity index (χ1) is 5.40. The van der Waals surface area contributed by atoms with E-state index in [4.69, 9.17) is 11.6 Å².